The second kappa shape index (κ2) is 5.32. The smallest absolute Gasteiger partial charge is 0.121 e. The minimum atomic E-state index is -0.904. The standard InChI is InChI=1S/C10H14ClNO3/c1-15-5-6-2-9(13)7(3-8(6)11)10(14)4-12/h2-3,10,13-14H,4-5,12H2,1H3. The van der Waals surface area contributed by atoms with Crippen LogP contribution in [0, 0.1) is 0 Å². The van der Waals surface area contributed by atoms with E-state index in [4.69, 9.17) is 22.1 Å². The highest BCUT2D eigenvalue weighted by molar-refractivity contribution is 6.31. The fourth-order valence-electron chi connectivity index (χ4n) is 1.28. The van der Waals surface area contributed by atoms with E-state index in [2.05, 4.69) is 0 Å². The molecule has 84 valence electrons. The number of hydrogen-bond donors (Lipinski definition) is 3. The van der Waals surface area contributed by atoms with Crippen molar-refractivity contribution in [2.45, 2.75) is 12.7 Å². The fraction of sp³-hybridized carbons (Fsp3) is 0.400. The Balaban J connectivity index is 3.07. The molecule has 1 rings (SSSR count). The molecule has 4 N–H and O–H groups in total. The number of benzene rings is 1. The number of halogens is 1. The third-order valence-corrected chi connectivity index (χ3v) is 2.43. The van der Waals surface area contributed by atoms with E-state index in [1.54, 1.807) is 0 Å². The van der Waals surface area contributed by atoms with Gasteiger partial charge in [0, 0.05) is 24.2 Å². The number of phenols is 1. The van der Waals surface area contributed by atoms with Crippen LogP contribution in [0.25, 0.3) is 0 Å². The van der Waals surface area contributed by atoms with Gasteiger partial charge in [0.1, 0.15) is 5.75 Å². The Kier molecular flexibility index (Phi) is 4.35. The van der Waals surface area contributed by atoms with Crippen LogP contribution in [0.1, 0.15) is 17.2 Å². The molecule has 0 bridgehead atoms. The summed E-state index contributed by atoms with van der Waals surface area (Å²) < 4.78 is 4.91. The second-order valence-corrected chi connectivity index (χ2v) is 3.59. The van der Waals surface area contributed by atoms with Crippen molar-refractivity contribution in [2.24, 2.45) is 5.73 Å². The Hall–Kier alpha value is -0.810. The average Bonchev–Trinajstić information content (AvgIpc) is 2.22. The molecular weight excluding hydrogens is 218 g/mol. The molecule has 0 spiro atoms. The van der Waals surface area contributed by atoms with E-state index in [9.17, 15) is 10.2 Å². The number of phenolic OH excluding ortho intramolecular Hbond substituents is 1. The second-order valence-electron chi connectivity index (χ2n) is 3.19. The van der Waals surface area contributed by atoms with Gasteiger partial charge < -0.3 is 20.7 Å². The van der Waals surface area contributed by atoms with Gasteiger partial charge in [-0.3, -0.25) is 0 Å². The van der Waals surface area contributed by atoms with Gasteiger partial charge in [-0.25, -0.2) is 0 Å². The Morgan fingerprint density at radius 1 is 1.53 bits per heavy atom. The van der Waals surface area contributed by atoms with Crippen molar-refractivity contribution in [1.29, 1.82) is 0 Å². The molecule has 0 amide bonds. The van der Waals surface area contributed by atoms with E-state index in [1.807, 2.05) is 0 Å². The van der Waals surface area contributed by atoms with Crippen molar-refractivity contribution in [3.8, 4) is 5.75 Å². The average molecular weight is 232 g/mol. The zero-order valence-corrected chi connectivity index (χ0v) is 9.16. The highest BCUT2D eigenvalue weighted by Gasteiger charge is 2.13. The Labute approximate surface area is 93.2 Å². The van der Waals surface area contributed by atoms with Gasteiger partial charge in [-0.2, -0.15) is 0 Å². The van der Waals surface area contributed by atoms with Crippen molar-refractivity contribution in [3.63, 3.8) is 0 Å². The summed E-state index contributed by atoms with van der Waals surface area (Å²) in [7, 11) is 1.54. The predicted octanol–water partition coefficient (Wildman–Crippen LogP) is 1.18. The van der Waals surface area contributed by atoms with Crippen LogP contribution >= 0.6 is 11.6 Å². The summed E-state index contributed by atoms with van der Waals surface area (Å²) in [6.45, 7) is 0.346. The maximum atomic E-state index is 9.61. The van der Waals surface area contributed by atoms with Crippen molar-refractivity contribution >= 4 is 11.6 Å². The fourth-order valence-corrected chi connectivity index (χ4v) is 1.51. The number of nitrogens with two attached hydrogens (primary N) is 1. The molecule has 0 aliphatic carbocycles. The summed E-state index contributed by atoms with van der Waals surface area (Å²) in [5, 5.41) is 19.5. The Morgan fingerprint density at radius 3 is 2.73 bits per heavy atom. The zero-order valence-electron chi connectivity index (χ0n) is 8.40. The number of aromatic hydroxyl groups is 1. The number of methoxy groups -OCH3 is 1. The lowest BCUT2D eigenvalue weighted by Crippen LogP contribution is -2.12. The van der Waals surface area contributed by atoms with E-state index in [1.165, 1.54) is 19.2 Å². The van der Waals surface area contributed by atoms with Gasteiger partial charge in [0.2, 0.25) is 0 Å². The van der Waals surface area contributed by atoms with E-state index in [0.29, 0.717) is 22.8 Å². The van der Waals surface area contributed by atoms with Crippen LogP contribution in [0.4, 0.5) is 0 Å². The molecule has 0 saturated heterocycles. The molecule has 1 unspecified atom stereocenters. The van der Waals surface area contributed by atoms with Crippen LogP contribution in [-0.4, -0.2) is 23.9 Å². The number of aliphatic hydroxyl groups is 1. The van der Waals surface area contributed by atoms with Gasteiger partial charge in [-0.05, 0) is 17.7 Å². The van der Waals surface area contributed by atoms with E-state index in [0.717, 1.165) is 0 Å². The number of rotatable bonds is 4. The Bertz CT molecular complexity index is 344. The maximum absolute atomic E-state index is 9.61. The summed E-state index contributed by atoms with van der Waals surface area (Å²) in [5.41, 5.74) is 6.30. The van der Waals surface area contributed by atoms with Crippen molar-refractivity contribution in [1.82, 2.24) is 0 Å². The molecule has 15 heavy (non-hydrogen) atoms. The number of ether oxygens (including phenoxy) is 1. The number of aliphatic hydroxyl groups excluding tert-OH is 1. The highest BCUT2D eigenvalue weighted by atomic mass is 35.5. The van der Waals surface area contributed by atoms with Gasteiger partial charge in [0.25, 0.3) is 0 Å². The first-order chi connectivity index (χ1) is 7.10. The van der Waals surface area contributed by atoms with Crippen molar-refractivity contribution in [3.05, 3.63) is 28.3 Å². The topological polar surface area (TPSA) is 75.7 Å². The van der Waals surface area contributed by atoms with Gasteiger partial charge >= 0.3 is 0 Å². The Morgan fingerprint density at radius 2 is 2.20 bits per heavy atom. The van der Waals surface area contributed by atoms with E-state index < -0.39 is 6.10 Å². The first-order valence-corrected chi connectivity index (χ1v) is 4.86. The molecule has 0 aliphatic rings. The molecule has 4 nitrogen and oxygen atoms in total. The minimum Gasteiger partial charge on any atom is -0.508 e. The third kappa shape index (κ3) is 2.82. The first-order valence-electron chi connectivity index (χ1n) is 4.48. The SMILES string of the molecule is COCc1cc(O)c(C(O)CN)cc1Cl. The lowest BCUT2D eigenvalue weighted by atomic mass is 10.1. The number of hydrogen-bond acceptors (Lipinski definition) is 4. The van der Waals surface area contributed by atoms with Gasteiger partial charge in [0.15, 0.2) is 0 Å². The third-order valence-electron chi connectivity index (χ3n) is 2.08. The molecule has 0 aromatic heterocycles. The molecule has 0 saturated carbocycles. The van der Waals surface area contributed by atoms with Gasteiger partial charge in [-0.15, -0.1) is 0 Å². The molecule has 0 radical (unpaired) electrons. The minimum absolute atomic E-state index is 0.0237. The molecule has 0 heterocycles. The molecule has 1 atom stereocenters. The molecule has 1 aromatic rings. The maximum Gasteiger partial charge on any atom is 0.121 e. The molecular formula is C10H14ClNO3. The summed E-state index contributed by atoms with van der Waals surface area (Å²) in [6.07, 6.45) is -0.904. The van der Waals surface area contributed by atoms with Crippen LogP contribution in [-0.2, 0) is 11.3 Å². The van der Waals surface area contributed by atoms with E-state index >= 15 is 0 Å². The summed E-state index contributed by atoms with van der Waals surface area (Å²) in [6, 6.07) is 2.98. The van der Waals surface area contributed by atoms with Gasteiger partial charge in [-0.1, -0.05) is 11.6 Å². The molecule has 5 heteroatoms. The van der Waals surface area contributed by atoms with Crippen LogP contribution in [0.5, 0.6) is 5.75 Å². The predicted molar refractivity (Wildman–Crippen MR) is 57.8 cm³/mol. The quantitative estimate of drug-likeness (QED) is 0.728. The molecule has 0 fully saturated rings. The molecule has 1 aromatic carbocycles. The zero-order chi connectivity index (χ0) is 11.4. The summed E-state index contributed by atoms with van der Waals surface area (Å²) in [5.74, 6) is -0.0237. The summed E-state index contributed by atoms with van der Waals surface area (Å²) >= 11 is 5.94. The molecule has 0 aliphatic heterocycles. The normalized spacial score (nSPS) is 12.8. The van der Waals surface area contributed by atoms with Crippen LogP contribution < -0.4 is 5.73 Å². The van der Waals surface area contributed by atoms with Crippen molar-refractivity contribution in [2.75, 3.05) is 13.7 Å². The van der Waals surface area contributed by atoms with E-state index in [-0.39, 0.29) is 12.3 Å². The van der Waals surface area contributed by atoms with Crippen LogP contribution in [0.3, 0.4) is 0 Å². The monoisotopic (exact) mass is 231 g/mol. The van der Waals surface area contributed by atoms with Crippen LogP contribution in [0.15, 0.2) is 12.1 Å². The van der Waals surface area contributed by atoms with Crippen LogP contribution in [0.2, 0.25) is 5.02 Å². The van der Waals surface area contributed by atoms with Crippen molar-refractivity contribution < 1.29 is 14.9 Å². The highest BCUT2D eigenvalue weighted by Crippen LogP contribution is 2.30. The van der Waals surface area contributed by atoms with Gasteiger partial charge in [0.05, 0.1) is 12.7 Å². The summed E-state index contributed by atoms with van der Waals surface area (Å²) in [4.78, 5) is 0. The lowest BCUT2D eigenvalue weighted by molar-refractivity contribution is 0.179. The first kappa shape index (κ1) is 12.3. The lowest BCUT2D eigenvalue weighted by Gasteiger charge is -2.13. The largest absolute Gasteiger partial charge is 0.508 e.